The smallest absolute Gasteiger partial charge is 0.227 e. The van der Waals surface area contributed by atoms with E-state index in [0.717, 1.165) is 30.6 Å². The molecule has 1 unspecified atom stereocenters. The third-order valence-electron chi connectivity index (χ3n) is 4.02. The second-order valence-electron chi connectivity index (χ2n) is 5.43. The van der Waals surface area contributed by atoms with E-state index < -0.39 is 0 Å². The van der Waals surface area contributed by atoms with Crippen molar-refractivity contribution >= 4 is 5.91 Å². The predicted molar refractivity (Wildman–Crippen MR) is 77.6 cm³/mol. The molecule has 2 N–H and O–H groups in total. The summed E-state index contributed by atoms with van der Waals surface area (Å²) in [5.41, 5.74) is 7.88. The van der Waals surface area contributed by atoms with Crippen LogP contribution in [0.3, 0.4) is 0 Å². The number of hydrogen-bond acceptors (Lipinski definition) is 2. The van der Waals surface area contributed by atoms with Crippen molar-refractivity contribution in [3.8, 4) is 0 Å². The van der Waals surface area contributed by atoms with E-state index >= 15 is 0 Å². The van der Waals surface area contributed by atoms with Crippen LogP contribution in [0.5, 0.6) is 0 Å². The fraction of sp³-hybridized carbons (Fsp3) is 0.562. The lowest BCUT2D eigenvalue weighted by Crippen LogP contribution is -2.30. The molecule has 0 bridgehead atoms. The summed E-state index contributed by atoms with van der Waals surface area (Å²) in [4.78, 5) is 14.3. The van der Waals surface area contributed by atoms with Gasteiger partial charge in [0, 0.05) is 19.6 Å². The Labute approximate surface area is 115 Å². The average molecular weight is 260 g/mol. The summed E-state index contributed by atoms with van der Waals surface area (Å²) in [5.74, 6) is 0.957. The molecule has 19 heavy (non-hydrogen) atoms. The van der Waals surface area contributed by atoms with Crippen molar-refractivity contribution in [2.45, 2.75) is 39.2 Å². The molecular weight excluding hydrogens is 236 g/mol. The van der Waals surface area contributed by atoms with Crippen LogP contribution in [0.4, 0.5) is 0 Å². The van der Waals surface area contributed by atoms with Crippen molar-refractivity contribution in [2.75, 3.05) is 13.1 Å². The first kappa shape index (κ1) is 14.1. The van der Waals surface area contributed by atoms with Gasteiger partial charge in [-0.15, -0.1) is 0 Å². The lowest BCUT2D eigenvalue weighted by Gasteiger charge is -2.17. The van der Waals surface area contributed by atoms with Gasteiger partial charge in [0.15, 0.2) is 0 Å². The normalized spacial score (nSPS) is 18.8. The minimum Gasteiger partial charge on any atom is -0.342 e. The molecule has 0 spiro atoms. The van der Waals surface area contributed by atoms with Gasteiger partial charge < -0.3 is 10.6 Å². The van der Waals surface area contributed by atoms with Crippen molar-refractivity contribution in [2.24, 2.45) is 11.7 Å². The Balaban J connectivity index is 1.94. The zero-order valence-electron chi connectivity index (χ0n) is 11.8. The molecule has 1 atom stereocenters. The van der Waals surface area contributed by atoms with Crippen LogP contribution in [-0.4, -0.2) is 23.9 Å². The minimum atomic E-state index is 0.250. The maximum atomic E-state index is 12.3. The Bertz CT molecular complexity index is 431. The molecule has 1 heterocycles. The molecule has 0 aliphatic carbocycles. The lowest BCUT2D eigenvalue weighted by molar-refractivity contribution is -0.129. The van der Waals surface area contributed by atoms with Crippen LogP contribution in [-0.2, 0) is 17.8 Å². The van der Waals surface area contributed by atoms with Gasteiger partial charge in [0.2, 0.25) is 5.91 Å². The maximum absolute atomic E-state index is 12.3. The minimum absolute atomic E-state index is 0.250. The Hall–Kier alpha value is -1.35. The molecular formula is C16H24N2O. The Kier molecular flexibility index (Phi) is 4.97. The van der Waals surface area contributed by atoms with Gasteiger partial charge in [-0.1, -0.05) is 37.6 Å². The van der Waals surface area contributed by atoms with Gasteiger partial charge in [0.1, 0.15) is 0 Å². The molecule has 3 heteroatoms. The number of rotatable bonds is 5. The predicted octanol–water partition coefficient (Wildman–Crippen LogP) is 2.34. The van der Waals surface area contributed by atoms with Gasteiger partial charge in [0.25, 0.3) is 0 Å². The number of nitrogens with zero attached hydrogens (tertiary/aromatic N) is 1. The van der Waals surface area contributed by atoms with E-state index in [1.807, 2.05) is 29.2 Å². The van der Waals surface area contributed by atoms with Crippen LogP contribution in [0, 0.1) is 5.92 Å². The molecule has 1 aliphatic heterocycles. The fourth-order valence-corrected chi connectivity index (χ4v) is 2.91. The van der Waals surface area contributed by atoms with E-state index in [0.29, 0.717) is 18.9 Å². The molecule has 0 aromatic heterocycles. The van der Waals surface area contributed by atoms with Crippen molar-refractivity contribution in [1.82, 2.24) is 4.90 Å². The summed E-state index contributed by atoms with van der Waals surface area (Å²) in [6, 6.07) is 7.97. The number of benzene rings is 1. The van der Waals surface area contributed by atoms with Crippen molar-refractivity contribution < 1.29 is 4.79 Å². The average Bonchev–Trinajstić information content (AvgIpc) is 2.88. The monoisotopic (exact) mass is 260 g/mol. The van der Waals surface area contributed by atoms with Crippen molar-refractivity contribution in [3.05, 3.63) is 35.4 Å². The van der Waals surface area contributed by atoms with Crippen LogP contribution in [0.25, 0.3) is 0 Å². The van der Waals surface area contributed by atoms with E-state index in [1.54, 1.807) is 0 Å². The summed E-state index contributed by atoms with van der Waals surface area (Å²) in [6.07, 6.45) is 4.11. The molecule has 1 fully saturated rings. The highest BCUT2D eigenvalue weighted by atomic mass is 16.2. The summed E-state index contributed by atoms with van der Waals surface area (Å²) in [5, 5.41) is 0. The number of hydrogen-bond donors (Lipinski definition) is 1. The number of nitrogens with two attached hydrogens (primary N) is 1. The quantitative estimate of drug-likeness (QED) is 0.883. The summed E-state index contributed by atoms with van der Waals surface area (Å²) >= 11 is 0. The van der Waals surface area contributed by atoms with Gasteiger partial charge >= 0.3 is 0 Å². The van der Waals surface area contributed by atoms with Crippen LogP contribution in [0.1, 0.15) is 37.3 Å². The van der Waals surface area contributed by atoms with Gasteiger partial charge in [-0.25, -0.2) is 0 Å². The highest BCUT2D eigenvalue weighted by molar-refractivity contribution is 5.79. The molecule has 2 rings (SSSR count). The van der Waals surface area contributed by atoms with E-state index in [9.17, 15) is 4.79 Å². The molecule has 1 aromatic rings. The SMILES string of the molecule is CCCC1CCN(C(=O)Cc2ccccc2CN)C1. The molecule has 1 aromatic carbocycles. The largest absolute Gasteiger partial charge is 0.342 e. The number of carbonyl (C=O) groups is 1. The van der Waals surface area contributed by atoms with Gasteiger partial charge in [-0.3, -0.25) is 4.79 Å². The molecule has 0 radical (unpaired) electrons. The van der Waals surface area contributed by atoms with Crippen molar-refractivity contribution in [3.63, 3.8) is 0 Å². The van der Waals surface area contributed by atoms with E-state index in [4.69, 9.17) is 5.73 Å². The van der Waals surface area contributed by atoms with Crippen LogP contribution in [0.2, 0.25) is 0 Å². The summed E-state index contributed by atoms with van der Waals surface area (Å²) in [6.45, 7) is 4.58. The molecule has 0 saturated carbocycles. The molecule has 1 aliphatic rings. The first-order chi connectivity index (χ1) is 9.24. The zero-order chi connectivity index (χ0) is 13.7. The zero-order valence-corrected chi connectivity index (χ0v) is 11.8. The standard InChI is InChI=1S/C16H24N2O/c1-2-5-13-8-9-18(12-13)16(19)10-14-6-3-4-7-15(14)11-17/h3-4,6-7,13H,2,5,8-12,17H2,1H3. The Morgan fingerprint density at radius 1 is 1.37 bits per heavy atom. The number of amides is 1. The number of carbonyl (C=O) groups excluding carboxylic acids is 1. The van der Waals surface area contributed by atoms with E-state index in [2.05, 4.69) is 6.92 Å². The third kappa shape index (κ3) is 3.57. The van der Waals surface area contributed by atoms with Gasteiger partial charge in [0.05, 0.1) is 6.42 Å². The highest BCUT2D eigenvalue weighted by Crippen LogP contribution is 2.22. The maximum Gasteiger partial charge on any atom is 0.227 e. The summed E-state index contributed by atoms with van der Waals surface area (Å²) in [7, 11) is 0. The van der Waals surface area contributed by atoms with Gasteiger partial charge in [-0.05, 0) is 29.9 Å². The fourth-order valence-electron chi connectivity index (χ4n) is 2.91. The first-order valence-electron chi connectivity index (χ1n) is 7.29. The highest BCUT2D eigenvalue weighted by Gasteiger charge is 2.25. The lowest BCUT2D eigenvalue weighted by atomic mass is 10.0. The van der Waals surface area contributed by atoms with Gasteiger partial charge in [-0.2, -0.15) is 0 Å². The Morgan fingerprint density at radius 3 is 2.79 bits per heavy atom. The van der Waals surface area contributed by atoms with Crippen LogP contribution in [0.15, 0.2) is 24.3 Å². The van der Waals surface area contributed by atoms with Crippen LogP contribution >= 0.6 is 0 Å². The van der Waals surface area contributed by atoms with E-state index in [1.165, 1.54) is 12.8 Å². The number of likely N-dealkylation sites (tertiary alicyclic amines) is 1. The second-order valence-corrected chi connectivity index (χ2v) is 5.43. The molecule has 1 amide bonds. The molecule has 3 nitrogen and oxygen atoms in total. The van der Waals surface area contributed by atoms with Crippen molar-refractivity contribution in [1.29, 1.82) is 0 Å². The Morgan fingerprint density at radius 2 is 2.11 bits per heavy atom. The van der Waals surface area contributed by atoms with Crippen LogP contribution < -0.4 is 5.73 Å². The molecule has 1 saturated heterocycles. The topological polar surface area (TPSA) is 46.3 Å². The first-order valence-corrected chi connectivity index (χ1v) is 7.29. The second kappa shape index (κ2) is 6.71. The summed E-state index contributed by atoms with van der Waals surface area (Å²) < 4.78 is 0. The molecule has 104 valence electrons. The third-order valence-corrected chi connectivity index (χ3v) is 4.02. The van der Waals surface area contributed by atoms with E-state index in [-0.39, 0.29) is 5.91 Å².